The zero-order valence-corrected chi connectivity index (χ0v) is 16.8. The van der Waals surface area contributed by atoms with Gasteiger partial charge in [0.05, 0.1) is 33.5 Å². The van der Waals surface area contributed by atoms with Crippen LogP contribution < -0.4 is 14.8 Å². The van der Waals surface area contributed by atoms with Crippen LogP contribution in [0.2, 0.25) is 0 Å². The van der Waals surface area contributed by atoms with Crippen LogP contribution >= 0.6 is 11.3 Å². The van der Waals surface area contributed by atoms with Gasteiger partial charge in [0.1, 0.15) is 0 Å². The molecule has 0 radical (unpaired) electrons. The van der Waals surface area contributed by atoms with Crippen LogP contribution in [0.4, 0.5) is 0 Å². The Balaban J connectivity index is 1.76. The monoisotopic (exact) mass is 390 g/mol. The Kier molecular flexibility index (Phi) is 6.71. The van der Waals surface area contributed by atoms with E-state index in [0.717, 1.165) is 26.3 Å². The molecule has 27 heavy (non-hydrogen) atoms. The molecular weight excluding hydrogens is 364 g/mol. The van der Waals surface area contributed by atoms with E-state index >= 15 is 0 Å². The molecule has 0 saturated carbocycles. The van der Waals surface area contributed by atoms with Crippen LogP contribution in [0.1, 0.15) is 28.2 Å². The third kappa shape index (κ3) is 4.61. The molecule has 1 N–H and O–H groups in total. The van der Waals surface area contributed by atoms with Gasteiger partial charge in [-0.05, 0) is 36.6 Å². The predicted octanol–water partition coefficient (Wildman–Crippen LogP) is 2.96. The summed E-state index contributed by atoms with van der Waals surface area (Å²) in [6.45, 7) is 5.22. The molecule has 3 rings (SSSR count). The van der Waals surface area contributed by atoms with E-state index in [0.29, 0.717) is 17.1 Å². The van der Waals surface area contributed by atoms with Gasteiger partial charge >= 0.3 is 0 Å². The van der Waals surface area contributed by atoms with Crippen molar-refractivity contribution in [1.29, 1.82) is 0 Å². The zero-order chi connectivity index (χ0) is 19.2. The van der Waals surface area contributed by atoms with E-state index < -0.39 is 0 Å². The van der Waals surface area contributed by atoms with Gasteiger partial charge in [0.15, 0.2) is 11.5 Å². The van der Waals surface area contributed by atoms with Gasteiger partial charge in [0.2, 0.25) is 0 Å². The first kappa shape index (κ1) is 19.7. The molecule has 2 heterocycles. The second-order valence-corrected chi connectivity index (χ2v) is 7.42. The highest BCUT2D eigenvalue weighted by Crippen LogP contribution is 2.30. The second kappa shape index (κ2) is 9.21. The summed E-state index contributed by atoms with van der Waals surface area (Å²) in [6.07, 6.45) is 0. The quantitative estimate of drug-likeness (QED) is 0.788. The maximum Gasteiger partial charge on any atom is 0.251 e. The highest BCUT2D eigenvalue weighted by molar-refractivity contribution is 7.10. The Morgan fingerprint density at radius 1 is 1.19 bits per heavy atom. The summed E-state index contributed by atoms with van der Waals surface area (Å²) < 4.78 is 16.0. The number of amides is 1. The van der Waals surface area contributed by atoms with E-state index in [1.165, 1.54) is 4.88 Å². The third-order valence-corrected chi connectivity index (χ3v) is 5.69. The maximum absolute atomic E-state index is 12.8. The molecule has 0 aliphatic carbocycles. The second-order valence-electron chi connectivity index (χ2n) is 6.44. The van der Waals surface area contributed by atoms with Crippen molar-refractivity contribution in [3.05, 3.63) is 46.2 Å². The van der Waals surface area contributed by atoms with Gasteiger partial charge in [-0.25, -0.2) is 0 Å². The van der Waals surface area contributed by atoms with Crippen molar-refractivity contribution < 1.29 is 19.0 Å². The van der Waals surface area contributed by atoms with Gasteiger partial charge < -0.3 is 19.5 Å². The molecule has 0 bridgehead atoms. The number of hydrogen-bond acceptors (Lipinski definition) is 6. The van der Waals surface area contributed by atoms with Crippen LogP contribution in [0.15, 0.2) is 35.7 Å². The van der Waals surface area contributed by atoms with E-state index in [1.54, 1.807) is 43.8 Å². The van der Waals surface area contributed by atoms with Crippen LogP contribution in [-0.2, 0) is 4.74 Å². The van der Waals surface area contributed by atoms with Crippen molar-refractivity contribution in [2.45, 2.75) is 19.0 Å². The Labute approximate surface area is 164 Å². The van der Waals surface area contributed by atoms with Gasteiger partial charge in [-0.3, -0.25) is 9.69 Å². The maximum atomic E-state index is 12.8. The molecule has 6 nitrogen and oxygen atoms in total. The number of ether oxygens (including phenoxy) is 3. The van der Waals surface area contributed by atoms with Gasteiger partial charge in [0, 0.05) is 29.6 Å². The van der Waals surface area contributed by atoms with Crippen molar-refractivity contribution >= 4 is 17.2 Å². The fourth-order valence-electron chi connectivity index (χ4n) is 3.40. The minimum Gasteiger partial charge on any atom is -0.493 e. The van der Waals surface area contributed by atoms with Crippen LogP contribution in [0.3, 0.4) is 0 Å². The molecule has 1 aliphatic heterocycles. The van der Waals surface area contributed by atoms with E-state index in [2.05, 4.69) is 34.7 Å². The summed E-state index contributed by atoms with van der Waals surface area (Å²) in [5.41, 5.74) is 0.548. The minimum atomic E-state index is -0.127. The number of rotatable bonds is 7. The van der Waals surface area contributed by atoms with Gasteiger partial charge in [0.25, 0.3) is 5.91 Å². The first-order valence-corrected chi connectivity index (χ1v) is 9.90. The number of methoxy groups -OCH3 is 2. The molecular formula is C20H26N2O4S. The lowest BCUT2D eigenvalue weighted by Gasteiger charge is -2.37. The molecule has 146 valence electrons. The largest absolute Gasteiger partial charge is 0.493 e. The van der Waals surface area contributed by atoms with Crippen molar-refractivity contribution in [2.24, 2.45) is 0 Å². The number of carbonyl (C=O) groups is 1. The molecule has 1 aromatic carbocycles. The molecule has 2 atom stereocenters. The van der Waals surface area contributed by atoms with Crippen LogP contribution in [-0.4, -0.2) is 57.4 Å². The fourth-order valence-corrected chi connectivity index (χ4v) is 4.37. The summed E-state index contributed by atoms with van der Waals surface area (Å²) >= 11 is 1.72. The molecule has 1 fully saturated rings. The Morgan fingerprint density at radius 3 is 2.56 bits per heavy atom. The van der Waals surface area contributed by atoms with Crippen LogP contribution in [0.25, 0.3) is 0 Å². The summed E-state index contributed by atoms with van der Waals surface area (Å²) in [5, 5.41) is 5.23. The number of morpholine rings is 1. The molecule has 1 aromatic heterocycles. The van der Waals surface area contributed by atoms with E-state index in [9.17, 15) is 4.79 Å². The third-order valence-electron chi connectivity index (χ3n) is 4.75. The fraction of sp³-hybridized carbons (Fsp3) is 0.450. The Hall–Kier alpha value is -2.09. The first-order valence-electron chi connectivity index (χ1n) is 9.02. The number of thiophene rings is 1. The average molecular weight is 391 g/mol. The normalized spacial score (nSPS) is 17.1. The van der Waals surface area contributed by atoms with E-state index in [4.69, 9.17) is 14.2 Å². The molecule has 7 heteroatoms. The number of benzene rings is 1. The van der Waals surface area contributed by atoms with Crippen LogP contribution in [0, 0.1) is 0 Å². The summed E-state index contributed by atoms with van der Waals surface area (Å²) in [5.74, 6) is 1.02. The highest BCUT2D eigenvalue weighted by atomic mass is 32.1. The summed E-state index contributed by atoms with van der Waals surface area (Å²) in [4.78, 5) is 16.5. The van der Waals surface area contributed by atoms with Gasteiger partial charge in [-0.1, -0.05) is 6.07 Å². The first-order chi connectivity index (χ1) is 13.1. The topological polar surface area (TPSA) is 60.0 Å². The SMILES string of the molecule is COc1ccc(C(=O)N[C@@H](C)[C@@H](c2cccs2)N2CCOCC2)cc1OC. The van der Waals surface area contributed by atoms with Crippen LogP contribution in [0.5, 0.6) is 11.5 Å². The number of nitrogens with one attached hydrogen (secondary N) is 1. The van der Waals surface area contributed by atoms with Crippen molar-refractivity contribution in [2.75, 3.05) is 40.5 Å². The summed E-state index contributed by atoms with van der Waals surface area (Å²) in [7, 11) is 3.14. The van der Waals surface area contributed by atoms with E-state index in [1.807, 2.05) is 0 Å². The molecule has 0 unspecified atom stereocenters. The molecule has 0 spiro atoms. The minimum absolute atomic E-state index is 0.0534. The van der Waals surface area contributed by atoms with Gasteiger partial charge in [-0.2, -0.15) is 0 Å². The summed E-state index contributed by atoms with van der Waals surface area (Å²) in [6, 6.07) is 9.45. The molecule has 2 aromatic rings. The standard InChI is InChI=1S/C20H26N2O4S/c1-14(19(18-5-4-12-27-18)22-8-10-26-11-9-22)21-20(23)15-6-7-16(24-2)17(13-15)25-3/h4-7,12-14,19H,8-11H2,1-3H3,(H,21,23)/t14-,19-/m0/s1. The number of carbonyl (C=O) groups excluding carboxylic acids is 1. The Morgan fingerprint density at radius 2 is 1.93 bits per heavy atom. The smallest absolute Gasteiger partial charge is 0.251 e. The Bertz CT molecular complexity index is 744. The van der Waals surface area contributed by atoms with Crippen molar-refractivity contribution in [1.82, 2.24) is 10.2 Å². The molecule has 1 saturated heterocycles. The molecule has 1 aliphatic rings. The van der Waals surface area contributed by atoms with Crippen molar-refractivity contribution in [3.8, 4) is 11.5 Å². The van der Waals surface area contributed by atoms with Crippen molar-refractivity contribution in [3.63, 3.8) is 0 Å². The lowest BCUT2D eigenvalue weighted by Crippen LogP contribution is -2.48. The number of nitrogens with zero attached hydrogens (tertiary/aromatic N) is 1. The number of hydrogen-bond donors (Lipinski definition) is 1. The van der Waals surface area contributed by atoms with Gasteiger partial charge in [-0.15, -0.1) is 11.3 Å². The molecule has 1 amide bonds. The predicted molar refractivity (Wildman–Crippen MR) is 106 cm³/mol. The zero-order valence-electron chi connectivity index (χ0n) is 15.9. The lowest BCUT2D eigenvalue weighted by molar-refractivity contribution is 0.00969. The lowest BCUT2D eigenvalue weighted by atomic mass is 10.0. The van der Waals surface area contributed by atoms with E-state index in [-0.39, 0.29) is 18.0 Å². The highest BCUT2D eigenvalue weighted by Gasteiger charge is 2.29. The average Bonchev–Trinajstić information content (AvgIpc) is 3.22.